The quantitative estimate of drug-likeness (QED) is 0.479. The monoisotopic (exact) mass is 169 g/mol. The maximum absolute atomic E-state index is 8.74. The first-order valence-corrected chi connectivity index (χ1v) is 4.45. The molecule has 64 valence electrons. The Balaban J connectivity index is 0. The van der Waals surface area contributed by atoms with Gasteiger partial charge >= 0.3 is 8.25 Å². The molecule has 0 bridgehead atoms. The zero-order chi connectivity index (χ0) is 7.11. The van der Waals surface area contributed by atoms with Crippen LogP contribution in [0.25, 0.3) is 0 Å². The molecule has 4 nitrogen and oxygen atoms in total. The SMILES string of the molecule is C1CCCC1.N.O=[PH](O)O. The van der Waals surface area contributed by atoms with E-state index in [2.05, 4.69) is 0 Å². The average molecular weight is 169 g/mol. The fraction of sp³-hybridized carbons (Fsp3) is 1.00. The largest absolute Gasteiger partial charge is 0.344 e. The number of hydrogen-bond donors (Lipinski definition) is 3. The third-order valence-corrected chi connectivity index (χ3v) is 1.25. The van der Waals surface area contributed by atoms with Gasteiger partial charge in [-0.25, -0.2) is 0 Å². The van der Waals surface area contributed by atoms with Crippen LogP contribution in [0.5, 0.6) is 0 Å². The van der Waals surface area contributed by atoms with Crippen LogP contribution in [0.1, 0.15) is 32.1 Å². The van der Waals surface area contributed by atoms with Gasteiger partial charge in [0.1, 0.15) is 0 Å². The fourth-order valence-electron chi connectivity index (χ4n) is 0.884. The maximum atomic E-state index is 8.74. The van der Waals surface area contributed by atoms with Gasteiger partial charge in [-0.1, -0.05) is 32.1 Å². The van der Waals surface area contributed by atoms with Gasteiger partial charge in [-0.2, -0.15) is 0 Å². The predicted octanol–water partition coefficient (Wildman–Crippen LogP) is 1.47. The molecule has 5 N–H and O–H groups in total. The Bertz CT molecular complexity index is 73.4. The lowest BCUT2D eigenvalue weighted by molar-refractivity contribution is 0.405. The molecular formula is C5H16NO3P. The molecule has 0 atom stereocenters. The van der Waals surface area contributed by atoms with Crippen LogP contribution in [-0.4, -0.2) is 9.79 Å². The summed E-state index contributed by atoms with van der Waals surface area (Å²) < 4.78 is 8.74. The van der Waals surface area contributed by atoms with Gasteiger partial charge in [-0.3, -0.25) is 4.57 Å². The molecule has 0 heterocycles. The van der Waals surface area contributed by atoms with Gasteiger partial charge < -0.3 is 15.9 Å². The van der Waals surface area contributed by atoms with Gasteiger partial charge in [0.25, 0.3) is 0 Å². The zero-order valence-electron chi connectivity index (χ0n) is 6.05. The molecule has 1 aliphatic carbocycles. The molecule has 0 aromatic heterocycles. The minimum atomic E-state index is -3.13. The third kappa shape index (κ3) is 15.7. The Kier molecular flexibility index (Phi) is 11.6. The van der Waals surface area contributed by atoms with Crippen molar-refractivity contribution in [3.8, 4) is 0 Å². The van der Waals surface area contributed by atoms with Crippen molar-refractivity contribution in [3.05, 3.63) is 0 Å². The second-order valence-corrected chi connectivity index (χ2v) is 2.62. The van der Waals surface area contributed by atoms with E-state index in [4.69, 9.17) is 14.4 Å². The number of rotatable bonds is 0. The number of hydrogen-bond acceptors (Lipinski definition) is 2. The van der Waals surface area contributed by atoms with Crippen LogP contribution in [0.15, 0.2) is 0 Å². The summed E-state index contributed by atoms with van der Waals surface area (Å²) in [5, 5.41) is 0. The summed E-state index contributed by atoms with van der Waals surface area (Å²) in [6.07, 6.45) is 7.50. The molecule has 5 heteroatoms. The molecular weight excluding hydrogens is 153 g/mol. The Morgan fingerprint density at radius 3 is 1.10 bits per heavy atom. The first kappa shape index (κ1) is 12.8. The average Bonchev–Trinajstić information content (AvgIpc) is 2.11. The molecule has 0 radical (unpaired) electrons. The van der Waals surface area contributed by atoms with Crippen LogP contribution < -0.4 is 6.15 Å². The molecule has 1 rings (SSSR count). The Morgan fingerprint density at radius 1 is 0.900 bits per heavy atom. The summed E-state index contributed by atoms with van der Waals surface area (Å²) in [4.78, 5) is 14.3. The first-order chi connectivity index (χ1) is 4.23. The summed E-state index contributed by atoms with van der Waals surface area (Å²) in [7, 11) is -3.13. The van der Waals surface area contributed by atoms with E-state index < -0.39 is 8.25 Å². The van der Waals surface area contributed by atoms with Gasteiger partial charge in [0.15, 0.2) is 0 Å². The van der Waals surface area contributed by atoms with Crippen molar-refractivity contribution in [3.63, 3.8) is 0 Å². The van der Waals surface area contributed by atoms with Gasteiger partial charge in [-0.05, 0) is 0 Å². The van der Waals surface area contributed by atoms with Crippen LogP contribution >= 0.6 is 8.25 Å². The van der Waals surface area contributed by atoms with Crippen LogP contribution in [0.2, 0.25) is 0 Å². The van der Waals surface area contributed by atoms with Crippen molar-refractivity contribution in [1.29, 1.82) is 0 Å². The second-order valence-electron chi connectivity index (χ2n) is 2.05. The summed E-state index contributed by atoms with van der Waals surface area (Å²) in [5.41, 5.74) is 0. The lowest BCUT2D eigenvalue weighted by Gasteiger charge is -1.67. The van der Waals surface area contributed by atoms with Crippen molar-refractivity contribution in [1.82, 2.24) is 6.15 Å². The summed E-state index contributed by atoms with van der Waals surface area (Å²) in [6.45, 7) is 0. The van der Waals surface area contributed by atoms with Gasteiger partial charge in [0, 0.05) is 0 Å². The smallest absolute Gasteiger partial charge is 0.314 e. The van der Waals surface area contributed by atoms with E-state index in [9.17, 15) is 0 Å². The van der Waals surface area contributed by atoms with E-state index in [0.717, 1.165) is 0 Å². The van der Waals surface area contributed by atoms with Gasteiger partial charge in [-0.15, -0.1) is 0 Å². The fourth-order valence-corrected chi connectivity index (χ4v) is 0.884. The van der Waals surface area contributed by atoms with E-state index in [0.29, 0.717) is 0 Å². The highest BCUT2D eigenvalue weighted by Gasteiger charge is 1.95. The molecule has 0 spiro atoms. The van der Waals surface area contributed by atoms with E-state index >= 15 is 0 Å². The normalized spacial score (nSPS) is 15.5. The summed E-state index contributed by atoms with van der Waals surface area (Å²) >= 11 is 0. The molecule has 10 heavy (non-hydrogen) atoms. The van der Waals surface area contributed by atoms with Crippen molar-refractivity contribution >= 4 is 8.25 Å². The molecule has 1 saturated carbocycles. The van der Waals surface area contributed by atoms with Crippen molar-refractivity contribution in [2.45, 2.75) is 32.1 Å². The minimum absolute atomic E-state index is 0. The van der Waals surface area contributed by atoms with E-state index in [1.54, 1.807) is 0 Å². The Hall–Kier alpha value is 0.110. The predicted molar refractivity (Wildman–Crippen MR) is 41.5 cm³/mol. The van der Waals surface area contributed by atoms with Crippen LogP contribution in [-0.2, 0) is 4.57 Å². The summed E-state index contributed by atoms with van der Waals surface area (Å²) in [6, 6.07) is 0. The van der Waals surface area contributed by atoms with Crippen molar-refractivity contribution < 1.29 is 14.4 Å². The van der Waals surface area contributed by atoms with Crippen molar-refractivity contribution in [2.24, 2.45) is 0 Å². The molecule has 1 fully saturated rings. The highest BCUT2D eigenvalue weighted by atomic mass is 31.1. The molecule has 0 aromatic rings. The molecule has 0 unspecified atom stereocenters. The van der Waals surface area contributed by atoms with E-state index in [-0.39, 0.29) is 6.15 Å². The molecule has 0 aliphatic heterocycles. The minimum Gasteiger partial charge on any atom is -0.344 e. The van der Waals surface area contributed by atoms with Gasteiger partial charge in [0.05, 0.1) is 0 Å². The Morgan fingerprint density at radius 2 is 1.00 bits per heavy atom. The molecule has 0 saturated heterocycles. The second kappa shape index (κ2) is 9.11. The summed E-state index contributed by atoms with van der Waals surface area (Å²) in [5.74, 6) is 0. The van der Waals surface area contributed by atoms with Crippen LogP contribution in [0.4, 0.5) is 0 Å². The lowest BCUT2D eigenvalue weighted by Crippen LogP contribution is -1.47. The topological polar surface area (TPSA) is 92.5 Å². The standard InChI is InChI=1S/C5H10.H3N.H3O3P/c1-2-4-5-3-1;;1-4(2)3/h1-5H2;1H3;4H,(H2,1,2,3). The van der Waals surface area contributed by atoms with Crippen LogP contribution in [0, 0.1) is 0 Å². The van der Waals surface area contributed by atoms with E-state index in [1.165, 1.54) is 32.1 Å². The van der Waals surface area contributed by atoms with Gasteiger partial charge in [0.2, 0.25) is 0 Å². The highest BCUT2D eigenvalue weighted by Crippen LogP contribution is 2.15. The van der Waals surface area contributed by atoms with E-state index in [1.807, 2.05) is 0 Å². The van der Waals surface area contributed by atoms with Crippen LogP contribution in [0.3, 0.4) is 0 Å². The highest BCUT2D eigenvalue weighted by molar-refractivity contribution is 7.30. The molecule has 0 amide bonds. The van der Waals surface area contributed by atoms with Crippen molar-refractivity contribution in [2.75, 3.05) is 0 Å². The first-order valence-electron chi connectivity index (χ1n) is 3.15. The molecule has 0 aromatic carbocycles. The Labute approximate surface area is 61.8 Å². The third-order valence-electron chi connectivity index (χ3n) is 1.25. The lowest BCUT2D eigenvalue weighted by atomic mass is 10.4. The zero-order valence-corrected chi connectivity index (χ0v) is 7.05. The molecule has 1 aliphatic rings. The maximum Gasteiger partial charge on any atom is 0.314 e.